The van der Waals surface area contributed by atoms with E-state index in [2.05, 4.69) is 21.7 Å². The molecule has 0 saturated heterocycles. The van der Waals surface area contributed by atoms with E-state index in [0.29, 0.717) is 12.1 Å². The molecule has 0 aliphatic rings. The summed E-state index contributed by atoms with van der Waals surface area (Å²) in [4.78, 5) is 12.0. The number of nitrogens with one attached hydrogen (secondary N) is 1. The normalized spacial score (nSPS) is 10.5. The van der Waals surface area contributed by atoms with Gasteiger partial charge in [-0.1, -0.05) is 35.5 Å². The molecule has 25 heavy (non-hydrogen) atoms. The highest BCUT2D eigenvalue weighted by atomic mass is 32.2. The van der Waals surface area contributed by atoms with Gasteiger partial charge >= 0.3 is 0 Å². The second-order valence-electron chi connectivity index (χ2n) is 5.41. The van der Waals surface area contributed by atoms with E-state index < -0.39 is 0 Å². The zero-order valence-corrected chi connectivity index (χ0v) is 14.4. The molecule has 0 saturated carbocycles. The number of hydrogen-bond donors (Lipinski definition) is 1. The van der Waals surface area contributed by atoms with Gasteiger partial charge in [-0.2, -0.15) is 17.0 Å². The molecule has 1 aromatic heterocycles. The number of para-hydroxylation sites is 1. The molecule has 0 radical (unpaired) electrons. The Bertz CT molecular complexity index is 915. The van der Waals surface area contributed by atoms with Crippen LogP contribution in [0, 0.1) is 11.3 Å². The number of thioether (sulfide) groups is 1. The van der Waals surface area contributed by atoms with E-state index in [9.17, 15) is 4.79 Å². The first-order valence-electron chi connectivity index (χ1n) is 7.88. The van der Waals surface area contributed by atoms with Crippen molar-refractivity contribution in [2.45, 2.75) is 12.3 Å². The predicted molar refractivity (Wildman–Crippen MR) is 97.9 cm³/mol. The molecule has 2 aromatic carbocycles. The summed E-state index contributed by atoms with van der Waals surface area (Å²) >= 11 is 1.69. The van der Waals surface area contributed by atoms with Crippen LogP contribution in [0.2, 0.25) is 0 Å². The molecule has 1 amide bonds. The molecule has 0 spiro atoms. The summed E-state index contributed by atoms with van der Waals surface area (Å²) in [5, 5.41) is 20.0. The van der Waals surface area contributed by atoms with Crippen LogP contribution in [0.25, 0.3) is 11.0 Å². The summed E-state index contributed by atoms with van der Waals surface area (Å²) in [6.45, 7) is 0.729. The molecule has 6 nitrogen and oxygen atoms in total. The molecule has 1 N–H and O–H groups in total. The largest absolute Gasteiger partial charge is 0.354 e. The van der Waals surface area contributed by atoms with Gasteiger partial charge in [-0.25, -0.2) is 4.68 Å². The number of benzene rings is 2. The smallest absolute Gasteiger partial charge is 0.241 e. The second-order valence-corrected chi connectivity index (χ2v) is 6.51. The van der Waals surface area contributed by atoms with Gasteiger partial charge in [-0.15, -0.1) is 5.10 Å². The van der Waals surface area contributed by atoms with Crippen LogP contribution in [0.1, 0.15) is 11.1 Å². The van der Waals surface area contributed by atoms with Crippen molar-refractivity contribution in [3.63, 3.8) is 0 Å². The van der Waals surface area contributed by atoms with E-state index in [1.807, 2.05) is 48.5 Å². The quantitative estimate of drug-likeness (QED) is 0.661. The number of nitrogens with zero attached hydrogens (tertiary/aromatic N) is 4. The van der Waals surface area contributed by atoms with Crippen molar-refractivity contribution in [1.82, 2.24) is 20.3 Å². The van der Waals surface area contributed by atoms with Gasteiger partial charge in [0.2, 0.25) is 5.91 Å². The van der Waals surface area contributed by atoms with E-state index in [4.69, 9.17) is 5.26 Å². The summed E-state index contributed by atoms with van der Waals surface area (Å²) in [6.07, 6.45) is 0. The molecule has 126 valence electrons. The Kier molecular flexibility index (Phi) is 5.65. The van der Waals surface area contributed by atoms with Crippen LogP contribution >= 0.6 is 11.8 Å². The molecule has 0 aliphatic carbocycles. The zero-order valence-electron chi connectivity index (χ0n) is 13.6. The van der Waals surface area contributed by atoms with Gasteiger partial charge in [0, 0.05) is 18.1 Å². The third kappa shape index (κ3) is 4.37. The highest BCUT2D eigenvalue weighted by Gasteiger charge is 2.08. The van der Waals surface area contributed by atoms with E-state index in [1.54, 1.807) is 16.4 Å². The third-order valence-corrected chi connectivity index (χ3v) is 4.69. The lowest BCUT2D eigenvalue weighted by atomic mass is 10.1. The van der Waals surface area contributed by atoms with Crippen LogP contribution in [0.4, 0.5) is 0 Å². The lowest BCUT2D eigenvalue weighted by Gasteiger charge is -2.06. The van der Waals surface area contributed by atoms with Crippen molar-refractivity contribution in [3.05, 3.63) is 59.7 Å². The van der Waals surface area contributed by atoms with Crippen molar-refractivity contribution in [2.24, 2.45) is 0 Å². The number of carbonyl (C=O) groups excluding carboxylic acids is 1. The fourth-order valence-corrected chi connectivity index (χ4v) is 3.29. The molecule has 0 fully saturated rings. The lowest BCUT2D eigenvalue weighted by Crippen LogP contribution is -2.29. The highest BCUT2D eigenvalue weighted by molar-refractivity contribution is 7.98. The highest BCUT2D eigenvalue weighted by Crippen LogP contribution is 2.15. The Hall–Kier alpha value is -2.85. The maximum absolute atomic E-state index is 12.0. The molecular weight excluding hydrogens is 334 g/mol. The summed E-state index contributed by atoms with van der Waals surface area (Å²) in [5.41, 5.74) is 3.36. The maximum atomic E-state index is 12.0. The first-order chi connectivity index (χ1) is 12.3. The number of rotatable bonds is 7. The molecule has 0 atom stereocenters. The van der Waals surface area contributed by atoms with E-state index in [0.717, 1.165) is 28.1 Å². The van der Waals surface area contributed by atoms with Gasteiger partial charge in [0.15, 0.2) is 0 Å². The molecule has 1 heterocycles. The Morgan fingerprint density at radius 2 is 2.00 bits per heavy atom. The Morgan fingerprint density at radius 3 is 2.88 bits per heavy atom. The maximum Gasteiger partial charge on any atom is 0.241 e. The molecular formula is C18H17N5OS. The van der Waals surface area contributed by atoms with E-state index in [-0.39, 0.29) is 12.5 Å². The Morgan fingerprint density at radius 1 is 1.20 bits per heavy atom. The first kappa shape index (κ1) is 17.0. The van der Waals surface area contributed by atoms with Gasteiger partial charge in [0.1, 0.15) is 12.1 Å². The Labute approximate surface area is 149 Å². The van der Waals surface area contributed by atoms with Gasteiger partial charge in [-0.3, -0.25) is 4.79 Å². The molecule has 7 heteroatoms. The van der Waals surface area contributed by atoms with Gasteiger partial charge < -0.3 is 5.32 Å². The first-order valence-corrected chi connectivity index (χ1v) is 9.04. The van der Waals surface area contributed by atoms with Crippen molar-refractivity contribution in [2.75, 3.05) is 12.3 Å². The number of fused-ring (bicyclic) bond motifs is 1. The fourth-order valence-electron chi connectivity index (χ4n) is 2.43. The average Bonchev–Trinajstić information content (AvgIpc) is 3.05. The fraction of sp³-hybridized carbons (Fsp3) is 0.222. The molecule has 0 unspecified atom stereocenters. The van der Waals surface area contributed by atoms with E-state index >= 15 is 0 Å². The van der Waals surface area contributed by atoms with Crippen LogP contribution in [-0.4, -0.2) is 33.2 Å². The minimum Gasteiger partial charge on any atom is -0.354 e. The van der Waals surface area contributed by atoms with Gasteiger partial charge in [0.25, 0.3) is 0 Å². The zero-order chi connectivity index (χ0) is 17.5. The monoisotopic (exact) mass is 351 g/mol. The number of amides is 1. The number of hydrogen-bond acceptors (Lipinski definition) is 5. The summed E-state index contributed by atoms with van der Waals surface area (Å²) in [6, 6.07) is 17.3. The van der Waals surface area contributed by atoms with Crippen molar-refractivity contribution < 1.29 is 4.79 Å². The SMILES string of the molecule is N#Cc1ccccc1CSCCNC(=O)Cn1nnc2ccccc21. The second kappa shape index (κ2) is 8.31. The van der Waals surface area contributed by atoms with Crippen LogP contribution in [0.15, 0.2) is 48.5 Å². The summed E-state index contributed by atoms with van der Waals surface area (Å²) in [5.74, 6) is 1.45. The average molecular weight is 351 g/mol. The summed E-state index contributed by atoms with van der Waals surface area (Å²) in [7, 11) is 0. The minimum absolute atomic E-state index is 0.0892. The minimum atomic E-state index is -0.0892. The lowest BCUT2D eigenvalue weighted by molar-refractivity contribution is -0.121. The molecule has 3 aromatic rings. The summed E-state index contributed by atoms with van der Waals surface area (Å²) < 4.78 is 1.60. The van der Waals surface area contributed by atoms with Crippen LogP contribution in [0.3, 0.4) is 0 Å². The van der Waals surface area contributed by atoms with Crippen LogP contribution in [-0.2, 0) is 17.1 Å². The number of aromatic nitrogens is 3. The van der Waals surface area contributed by atoms with Crippen LogP contribution < -0.4 is 5.32 Å². The third-order valence-electron chi connectivity index (χ3n) is 3.68. The molecule has 0 bridgehead atoms. The number of carbonyl (C=O) groups is 1. The van der Waals surface area contributed by atoms with Crippen molar-refractivity contribution in [3.8, 4) is 6.07 Å². The number of nitriles is 1. The topological polar surface area (TPSA) is 83.6 Å². The van der Waals surface area contributed by atoms with Crippen molar-refractivity contribution >= 4 is 28.7 Å². The van der Waals surface area contributed by atoms with Crippen LogP contribution in [0.5, 0.6) is 0 Å². The molecule has 3 rings (SSSR count). The van der Waals surface area contributed by atoms with E-state index in [1.165, 1.54) is 0 Å². The van der Waals surface area contributed by atoms with Gasteiger partial charge in [-0.05, 0) is 23.8 Å². The van der Waals surface area contributed by atoms with Crippen molar-refractivity contribution in [1.29, 1.82) is 5.26 Å². The predicted octanol–water partition coefficient (Wildman–Crippen LogP) is 2.35. The van der Waals surface area contributed by atoms with Gasteiger partial charge in [0.05, 0.1) is 17.1 Å². The molecule has 0 aliphatic heterocycles. The Balaban J connectivity index is 1.42. The standard InChI is InChI=1S/C18H17N5OS/c19-11-14-5-1-2-6-15(14)13-25-10-9-20-18(24)12-23-17-8-4-3-7-16(17)21-22-23/h1-8H,9-10,12-13H2,(H,20,24).